The average molecular weight is 682 g/mol. The van der Waals surface area contributed by atoms with Crippen LogP contribution in [0.3, 0.4) is 0 Å². The van der Waals surface area contributed by atoms with Crippen molar-refractivity contribution in [3.05, 3.63) is 188 Å². The molecule has 0 unspecified atom stereocenters. The zero-order chi connectivity index (χ0) is 34.4. The molecule has 0 amide bonds. The van der Waals surface area contributed by atoms with Crippen LogP contribution in [0.4, 0.5) is 0 Å². The predicted molar refractivity (Wildman–Crippen MR) is 219 cm³/mol. The van der Waals surface area contributed by atoms with Gasteiger partial charge in [-0.25, -0.2) is 9.97 Å². The first-order valence-electron chi connectivity index (χ1n) is 17.5. The molecule has 10 aromatic rings. The molecule has 3 nitrogen and oxygen atoms in total. The topological polar surface area (TPSA) is 30.7 Å². The highest BCUT2D eigenvalue weighted by molar-refractivity contribution is 7.22. The van der Waals surface area contributed by atoms with Crippen molar-refractivity contribution in [3.63, 3.8) is 0 Å². The van der Waals surface area contributed by atoms with E-state index in [0.29, 0.717) is 5.82 Å². The van der Waals surface area contributed by atoms with Crippen LogP contribution in [0.15, 0.2) is 188 Å². The van der Waals surface area contributed by atoms with Crippen molar-refractivity contribution in [3.8, 4) is 61.2 Å². The summed E-state index contributed by atoms with van der Waals surface area (Å²) in [6.07, 6.45) is 0. The van der Waals surface area contributed by atoms with Crippen LogP contribution in [-0.2, 0) is 0 Å². The molecule has 52 heavy (non-hydrogen) atoms. The van der Waals surface area contributed by atoms with Gasteiger partial charge >= 0.3 is 0 Å². The fraction of sp³-hybridized carbons (Fsp3) is 0. The van der Waals surface area contributed by atoms with Crippen molar-refractivity contribution in [1.82, 2.24) is 14.5 Å². The van der Waals surface area contributed by atoms with Gasteiger partial charge in [0.15, 0.2) is 5.82 Å². The summed E-state index contributed by atoms with van der Waals surface area (Å²) in [5, 5.41) is 3.72. The molecule has 0 bridgehead atoms. The quantitative estimate of drug-likeness (QED) is 0.175. The van der Waals surface area contributed by atoms with Crippen LogP contribution in [0.2, 0.25) is 0 Å². The summed E-state index contributed by atoms with van der Waals surface area (Å²) in [5.41, 5.74) is 11.7. The fourth-order valence-corrected chi connectivity index (χ4v) is 8.36. The first-order chi connectivity index (χ1) is 25.8. The maximum absolute atomic E-state index is 5.31. The Balaban J connectivity index is 1.13. The molecule has 3 aromatic heterocycles. The molecule has 10 rings (SSSR count). The normalized spacial score (nSPS) is 11.5. The Hall–Kier alpha value is -6.62. The van der Waals surface area contributed by atoms with Gasteiger partial charge in [-0.1, -0.05) is 146 Å². The molecule has 0 spiro atoms. The summed E-state index contributed by atoms with van der Waals surface area (Å²) in [5.74, 6) is 0.686. The summed E-state index contributed by atoms with van der Waals surface area (Å²) in [4.78, 5) is 11.9. The molecule has 244 valence electrons. The number of fused-ring (bicyclic) bond motifs is 4. The summed E-state index contributed by atoms with van der Waals surface area (Å²) >= 11 is 1.82. The maximum Gasteiger partial charge on any atom is 0.162 e. The van der Waals surface area contributed by atoms with E-state index in [1.807, 2.05) is 17.4 Å². The van der Waals surface area contributed by atoms with Gasteiger partial charge in [-0.05, 0) is 64.5 Å². The van der Waals surface area contributed by atoms with Crippen molar-refractivity contribution in [1.29, 1.82) is 0 Å². The average Bonchev–Trinajstić information content (AvgIpc) is 3.81. The van der Waals surface area contributed by atoms with E-state index in [9.17, 15) is 0 Å². The molecule has 0 N–H and O–H groups in total. The van der Waals surface area contributed by atoms with Gasteiger partial charge in [0.25, 0.3) is 0 Å². The zero-order valence-corrected chi connectivity index (χ0v) is 29.0. The Kier molecular flexibility index (Phi) is 7.33. The summed E-state index contributed by atoms with van der Waals surface area (Å²) in [7, 11) is 0. The lowest BCUT2D eigenvalue weighted by molar-refractivity contribution is 1.14. The first kappa shape index (κ1) is 30.2. The van der Waals surface area contributed by atoms with E-state index in [2.05, 4.69) is 187 Å². The minimum absolute atomic E-state index is 0.686. The lowest BCUT2D eigenvalue weighted by Gasteiger charge is -2.15. The van der Waals surface area contributed by atoms with Crippen molar-refractivity contribution in [2.24, 2.45) is 0 Å². The largest absolute Gasteiger partial charge is 0.309 e. The van der Waals surface area contributed by atoms with Crippen molar-refractivity contribution >= 4 is 43.2 Å². The van der Waals surface area contributed by atoms with Gasteiger partial charge in [0, 0.05) is 37.0 Å². The number of aromatic nitrogens is 3. The second-order valence-corrected chi connectivity index (χ2v) is 14.1. The molecule has 0 fully saturated rings. The number of rotatable bonds is 6. The second kappa shape index (κ2) is 12.6. The molecule has 0 aliphatic carbocycles. The summed E-state index contributed by atoms with van der Waals surface area (Å²) in [6, 6.07) is 66.7. The summed E-state index contributed by atoms with van der Waals surface area (Å²) < 4.78 is 3.65. The Bertz CT molecular complexity index is 2800. The van der Waals surface area contributed by atoms with Gasteiger partial charge in [-0.15, -0.1) is 11.3 Å². The van der Waals surface area contributed by atoms with Gasteiger partial charge in [0.05, 0.1) is 28.1 Å². The number of hydrogen-bond acceptors (Lipinski definition) is 3. The predicted octanol–water partition coefficient (Wildman–Crippen LogP) is 13.1. The fourth-order valence-electron chi connectivity index (χ4n) is 7.30. The van der Waals surface area contributed by atoms with Gasteiger partial charge in [0.1, 0.15) is 0 Å². The van der Waals surface area contributed by atoms with Crippen molar-refractivity contribution < 1.29 is 0 Å². The molecule has 3 heterocycles. The summed E-state index contributed by atoms with van der Waals surface area (Å²) in [6.45, 7) is 0. The maximum atomic E-state index is 5.31. The molecular formula is C48H31N3S. The van der Waals surface area contributed by atoms with E-state index in [-0.39, 0.29) is 0 Å². The van der Waals surface area contributed by atoms with Gasteiger partial charge in [0.2, 0.25) is 0 Å². The van der Waals surface area contributed by atoms with Crippen LogP contribution in [0.1, 0.15) is 0 Å². The lowest BCUT2D eigenvalue weighted by atomic mass is 10.0. The van der Waals surface area contributed by atoms with Gasteiger partial charge in [-0.3, -0.25) is 0 Å². The van der Waals surface area contributed by atoms with Crippen LogP contribution in [0, 0.1) is 0 Å². The van der Waals surface area contributed by atoms with E-state index in [4.69, 9.17) is 9.97 Å². The SMILES string of the molecule is c1ccc(-c2ccc(-c3cc(-c4ccc(-c5cc6ccccc6s5)cc4)nc(-c4ccccc4-n4c5ccccc5c5ccccc54)n3)cc2)cc1. The molecule has 0 aliphatic rings. The molecule has 0 saturated heterocycles. The van der Waals surface area contributed by atoms with Crippen LogP contribution in [0.5, 0.6) is 0 Å². The van der Waals surface area contributed by atoms with E-state index in [1.54, 1.807) is 0 Å². The number of hydrogen-bond donors (Lipinski definition) is 0. The molecule has 7 aromatic carbocycles. The Morgan fingerprint density at radius 3 is 1.60 bits per heavy atom. The third-order valence-corrected chi connectivity index (χ3v) is 11.0. The number of benzene rings is 7. The molecule has 4 heteroatoms. The minimum atomic E-state index is 0.686. The van der Waals surface area contributed by atoms with E-state index in [0.717, 1.165) is 44.8 Å². The Morgan fingerprint density at radius 1 is 0.404 bits per heavy atom. The van der Waals surface area contributed by atoms with Gasteiger partial charge in [-0.2, -0.15) is 0 Å². The van der Waals surface area contributed by atoms with Crippen LogP contribution < -0.4 is 0 Å². The zero-order valence-electron chi connectivity index (χ0n) is 28.1. The van der Waals surface area contributed by atoms with Crippen LogP contribution in [-0.4, -0.2) is 14.5 Å². The Morgan fingerprint density at radius 2 is 0.923 bits per heavy atom. The van der Waals surface area contributed by atoms with Crippen LogP contribution in [0.25, 0.3) is 93.0 Å². The monoisotopic (exact) mass is 681 g/mol. The molecule has 0 aliphatic heterocycles. The van der Waals surface area contributed by atoms with Gasteiger partial charge < -0.3 is 4.57 Å². The third-order valence-electron chi connectivity index (χ3n) is 9.87. The highest BCUT2D eigenvalue weighted by Gasteiger charge is 2.18. The molecular weight excluding hydrogens is 651 g/mol. The molecule has 0 radical (unpaired) electrons. The number of para-hydroxylation sites is 3. The number of thiophene rings is 1. The number of nitrogens with zero attached hydrogens (tertiary/aromatic N) is 3. The van der Waals surface area contributed by atoms with Crippen molar-refractivity contribution in [2.45, 2.75) is 0 Å². The van der Waals surface area contributed by atoms with E-state index < -0.39 is 0 Å². The smallest absolute Gasteiger partial charge is 0.162 e. The molecule has 0 saturated carbocycles. The minimum Gasteiger partial charge on any atom is -0.309 e. The standard InChI is InChI=1S/C48H31N3S/c1-2-12-32(13-3-1)33-22-24-34(25-23-33)41-31-42(35-26-28-36(29-27-35)47-30-37-14-4-11-21-46(37)52-47)50-48(49-41)40-17-7-10-20-45(40)51-43-18-8-5-15-38(43)39-16-6-9-19-44(39)51/h1-31H. The lowest BCUT2D eigenvalue weighted by Crippen LogP contribution is -2.01. The third kappa shape index (κ3) is 5.29. The molecule has 0 atom stereocenters. The second-order valence-electron chi connectivity index (χ2n) is 13.0. The first-order valence-corrected chi connectivity index (χ1v) is 18.3. The van der Waals surface area contributed by atoms with Crippen LogP contribution >= 0.6 is 11.3 Å². The highest BCUT2D eigenvalue weighted by atomic mass is 32.1. The van der Waals surface area contributed by atoms with E-state index >= 15 is 0 Å². The van der Waals surface area contributed by atoms with E-state index in [1.165, 1.54) is 42.4 Å². The highest BCUT2D eigenvalue weighted by Crippen LogP contribution is 2.38. The van der Waals surface area contributed by atoms with Crippen molar-refractivity contribution in [2.75, 3.05) is 0 Å². The Labute approximate surface area is 305 Å².